The van der Waals surface area contributed by atoms with Gasteiger partial charge in [0.15, 0.2) is 5.76 Å². The molecule has 0 saturated heterocycles. The van der Waals surface area contributed by atoms with Gasteiger partial charge in [0, 0.05) is 17.8 Å². The van der Waals surface area contributed by atoms with E-state index in [2.05, 4.69) is 10.3 Å². The van der Waals surface area contributed by atoms with Crippen LogP contribution in [0.25, 0.3) is 16.9 Å². The van der Waals surface area contributed by atoms with E-state index >= 15 is 0 Å². The molecule has 0 aliphatic rings. The van der Waals surface area contributed by atoms with E-state index in [0.29, 0.717) is 11.5 Å². The summed E-state index contributed by atoms with van der Waals surface area (Å²) in [6.45, 7) is 1.76. The van der Waals surface area contributed by atoms with Crippen LogP contribution in [-0.2, 0) is 6.61 Å². The van der Waals surface area contributed by atoms with Gasteiger partial charge in [0.25, 0.3) is 0 Å². The number of para-hydroxylation sites is 1. The van der Waals surface area contributed by atoms with Crippen molar-refractivity contribution in [2.24, 2.45) is 0 Å². The van der Waals surface area contributed by atoms with Crippen molar-refractivity contribution in [3.8, 4) is 16.9 Å². The van der Waals surface area contributed by atoms with Crippen LogP contribution in [-0.4, -0.2) is 20.0 Å². The molecule has 0 fully saturated rings. The highest BCUT2D eigenvalue weighted by molar-refractivity contribution is 5.61. The third-order valence-electron chi connectivity index (χ3n) is 2.91. The van der Waals surface area contributed by atoms with Crippen LogP contribution < -0.4 is 0 Å². The molecule has 0 bridgehead atoms. The normalized spacial score (nSPS) is 10.8. The summed E-state index contributed by atoms with van der Waals surface area (Å²) in [5, 5.41) is 17.4. The van der Waals surface area contributed by atoms with Gasteiger partial charge < -0.3 is 9.63 Å². The summed E-state index contributed by atoms with van der Waals surface area (Å²) in [6.07, 6.45) is 1.91. The highest BCUT2D eigenvalue weighted by Crippen LogP contribution is 2.23. The number of hydrogen-bond donors (Lipinski definition) is 1. The number of rotatable bonds is 3. The molecule has 96 valence electrons. The Morgan fingerprint density at radius 3 is 2.74 bits per heavy atom. The first-order chi connectivity index (χ1) is 9.28. The second-order valence-corrected chi connectivity index (χ2v) is 4.24. The maximum absolute atomic E-state index is 9.00. The lowest BCUT2D eigenvalue weighted by atomic mass is 10.2. The standard InChI is InChI=1S/C14H13N3O2/c1-10-13(14-7-12(9-18)19-16-14)8-17(15-10)11-5-3-2-4-6-11/h2-8,18H,9H2,1H3. The van der Waals surface area contributed by atoms with E-state index in [9.17, 15) is 0 Å². The second-order valence-electron chi connectivity index (χ2n) is 4.24. The first-order valence-electron chi connectivity index (χ1n) is 5.96. The third-order valence-corrected chi connectivity index (χ3v) is 2.91. The molecule has 5 nitrogen and oxygen atoms in total. The number of aliphatic hydroxyl groups is 1. The average Bonchev–Trinajstić information content (AvgIpc) is 3.06. The van der Waals surface area contributed by atoms with Gasteiger partial charge in [-0.05, 0) is 19.1 Å². The molecule has 0 amide bonds. The van der Waals surface area contributed by atoms with Crippen molar-refractivity contribution in [3.63, 3.8) is 0 Å². The minimum absolute atomic E-state index is 0.154. The Morgan fingerprint density at radius 1 is 1.26 bits per heavy atom. The summed E-state index contributed by atoms with van der Waals surface area (Å²) in [7, 11) is 0. The smallest absolute Gasteiger partial charge is 0.162 e. The highest BCUT2D eigenvalue weighted by atomic mass is 16.5. The fourth-order valence-electron chi connectivity index (χ4n) is 1.94. The fourth-order valence-corrected chi connectivity index (χ4v) is 1.94. The molecule has 0 spiro atoms. The predicted molar refractivity (Wildman–Crippen MR) is 69.7 cm³/mol. The van der Waals surface area contributed by atoms with Crippen LogP contribution in [0.1, 0.15) is 11.5 Å². The van der Waals surface area contributed by atoms with E-state index in [1.165, 1.54) is 0 Å². The molecule has 0 aliphatic carbocycles. The first-order valence-corrected chi connectivity index (χ1v) is 5.96. The van der Waals surface area contributed by atoms with Gasteiger partial charge in [0.2, 0.25) is 0 Å². The van der Waals surface area contributed by atoms with Crippen molar-refractivity contribution in [1.82, 2.24) is 14.9 Å². The summed E-state index contributed by atoms with van der Waals surface area (Å²) in [5.74, 6) is 0.446. The molecule has 5 heteroatoms. The maximum Gasteiger partial charge on any atom is 0.162 e. The molecule has 19 heavy (non-hydrogen) atoms. The Kier molecular flexibility index (Phi) is 2.89. The van der Waals surface area contributed by atoms with Gasteiger partial charge >= 0.3 is 0 Å². The molecular weight excluding hydrogens is 242 g/mol. The molecule has 0 atom stereocenters. The van der Waals surface area contributed by atoms with Gasteiger partial charge in [-0.1, -0.05) is 23.4 Å². The molecular formula is C14H13N3O2. The zero-order valence-electron chi connectivity index (χ0n) is 10.4. The Labute approximate surface area is 110 Å². The number of benzene rings is 1. The van der Waals surface area contributed by atoms with Crippen LogP contribution in [0.4, 0.5) is 0 Å². The number of aryl methyl sites for hydroxylation is 1. The van der Waals surface area contributed by atoms with Gasteiger partial charge in [-0.2, -0.15) is 5.10 Å². The predicted octanol–water partition coefficient (Wildman–Crippen LogP) is 2.33. The first kappa shape index (κ1) is 11.7. The molecule has 2 heterocycles. The van der Waals surface area contributed by atoms with E-state index in [1.807, 2.05) is 43.5 Å². The number of hydrogen-bond acceptors (Lipinski definition) is 4. The Balaban J connectivity index is 2.02. The number of aliphatic hydroxyl groups excluding tert-OH is 1. The number of aromatic nitrogens is 3. The molecule has 0 radical (unpaired) electrons. The molecule has 1 aromatic carbocycles. The van der Waals surface area contributed by atoms with E-state index < -0.39 is 0 Å². The van der Waals surface area contributed by atoms with Crippen LogP contribution in [0.5, 0.6) is 0 Å². The fraction of sp³-hybridized carbons (Fsp3) is 0.143. The van der Waals surface area contributed by atoms with E-state index in [4.69, 9.17) is 9.63 Å². The summed E-state index contributed by atoms with van der Waals surface area (Å²) in [6, 6.07) is 11.6. The lowest BCUT2D eigenvalue weighted by molar-refractivity contribution is 0.229. The van der Waals surface area contributed by atoms with Crippen molar-refractivity contribution in [3.05, 3.63) is 54.0 Å². The molecule has 0 unspecified atom stereocenters. The molecule has 1 N–H and O–H groups in total. The Bertz CT molecular complexity index is 686. The summed E-state index contributed by atoms with van der Waals surface area (Å²) in [4.78, 5) is 0. The molecule has 0 saturated carbocycles. The van der Waals surface area contributed by atoms with Crippen molar-refractivity contribution in [1.29, 1.82) is 0 Å². The molecule has 2 aromatic heterocycles. The zero-order valence-corrected chi connectivity index (χ0v) is 10.4. The number of nitrogens with zero attached hydrogens (tertiary/aromatic N) is 3. The van der Waals surface area contributed by atoms with E-state index in [1.54, 1.807) is 10.7 Å². The van der Waals surface area contributed by atoms with Crippen LogP contribution in [0.2, 0.25) is 0 Å². The highest BCUT2D eigenvalue weighted by Gasteiger charge is 2.12. The van der Waals surface area contributed by atoms with Crippen molar-refractivity contribution >= 4 is 0 Å². The van der Waals surface area contributed by atoms with Crippen LogP contribution in [0, 0.1) is 6.92 Å². The Hall–Kier alpha value is -2.40. The van der Waals surface area contributed by atoms with Crippen molar-refractivity contribution in [2.75, 3.05) is 0 Å². The second kappa shape index (κ2) is 4.70. The van der Waals surface area contributed by atoms with Crippen molar-refractivity contribution < 1.29 is 9.63 Å². The zero-order chi connectivity index (χ0) is 13.2. The van der Waals surface area contributed by atoms with Crippen LogP contribution >= 0.6 is 0 Å². The quantitative estimate of drug-likeness (QED) is 0.780. The van der Waals surface area contributed by atoms with E-state index in [-0.39, 0.29) is 6.61 Å². The monoisotopic (exact) mass is 255 g/mol. The molecule has 3 aromatic rings. The van der Waals surface area contributed by atoms with E-state index in [0.717, 1.165) is 16.9 Å². The third kappa shape index (κ3) is 2.15. The molecule has 0 aliphatic heterocycles. The lowest BCUT2D eigenvalue weighted by Crippen LogP contribution is -1.93. The average molecular weight is 255 g/mol. The van der Waals surface area contributed by atoms with Gasteiger partial charge in [-0.15, -0.1) is 0 Å². The topological polar surface area (TPSA) is 64.1 Å². The van der Waals surface area contributed by atoms with Crippen LogP contribution in [0.15, 0.2) is 47.1 Å². The minimum atomic E-state index is -0.154. The van der Waals surface area contributed by atoms with Gasteiger partial charge in [-0.25, -0.2) is 4.68 Å². The lowest BCUT2D eigenvalue weighted by Gasteiger charge is -1.98. The summed E-state index contributed by atoms with van der Waals surface area (Å²) in [5.41, 5.74) is 3.43. The maximum atomic E-state index is 9.00. The Morgan fingerprint density at radius 2 is 2.05 bits per heavy atom. The SMILES string of the molecule is Cc1nn(-c2ccccc2)cc1-c1cc(CO)on1. The summed E-state index contributed by atoms with van der Waals surface area (Å²) < 4.78 is 6.80. The summed E-state index contributed by atoms with van der Waals surface area (Å²) >= 11 is 0. The van der Waals surface area contributed by atoms with Gasteiger partial charge in [0.1, 0.15) is 12.3 Å². The molecule has 3 rings (SSSR count). The largest absolute Gasteiger partial charge is 0.388 e. The minimum Gasteiger partial charge on any atom is -0.388 e. The van der Waals surface area contributed by atoms with Crippen LogP contribution in [0.3, 0.4) is 0 Å². The van der Waals surface area contributed by atoms with Crippen molar-refractivity contribution in [2.45, 2.75) is 13.5 Å². The van der Waals surface area contributed by atoms with Gasteiger partial charge in [0.05, 0.1) is 11.4 Å². The van der Waals surface area contributed by atoms with Gasteiger partial charge in [-0.3, -0.25) is 0 Å².